The highest BCUT2D eigenvalue weighted by molar-refractivity contribution is 5.24. The number of methoxy groups -OCH3 is 1. The molecule has 1 saturated carbocycles. The Morgan fingerprint density at radius 2 is 1.95 bits per heavy atom. The Morgan fingerprint density at radius 3 is 2.68 bits per heavy atom. The van der Waals surface area contributed by atoms with Gasteiger partial charge in [-0.2, -0.15) is 0 Å². The fourth-order valence-corrected chi connectivity index (χ4v) is 2.60. The Balaban J connectivity index is 1.89. The third-order valence-corrected chi connectivity index (χ3v) is 3.65. The lowest BCUT2D eigenvalue weighted by Gasteiger charge is -2.28. The van der Waals surface area contributed by atoms with Gasteiger partial charge >= 0.3 is 0 Å². The van der Waals surface area contributed by atoms with E-state index >= 15 is 0 Å². The van der Waals surface area contributed by atoms with Gasteiger partial charge in [0.25, 0.3) is 0 Å². The lowest BCUT2D eigenvalue weighted by atomic mass is 9.95. The molecule has 1 aliphatic carbocycles. The number of nitrogens with two attached hydrogens (primary N) is 1. The molecule has 1 aromatic carbocycles. The summed E-state index contributed by atoms with van der Waals surface area (Å²) in [4.78, 5) is 0. The highest BCUT2D eigenvalue weighted by Crippen LogP contribution is 2.24. The number of hydrogen-bond donors (Lipinski definition) is 1. The van der Waals surface area contributed by atoms with E-state index in [2.05, 4.69) is 0 Å². The van der Waals surface area contributed by atoms with Crippen LogP contribution in [0.25, 0.3) is 0 Å². The van der Waals surface area contributed by atoms with Crippen molar-refractivity contribution in [3.8, 4) is 0 Å². The Labute approximate surface area is 113 Å². The molecule has 1 aliphatic rings. The van der Waals surface area contributed by atoms with Crippen molar-refractivity contribution in [3.63, 3.8) is 0 Å². The number of hydrogen-bond acceptors (Lipinski definition) is 3. The molecule has 2 N–H and O–H groups in total. The summed E-state index contributed by atoms with van der Waals surface area (Å²) in [5, 5.41) is 0. The topological polar surface area (TPSA) is 44.5 Å². The number of ether oxygens (including phenoxy) is 2. The molecule has 1 aromatic rings. The molecule has 3 nitrogen and oxygen atoms in total. The number of rotatable bonds is 5. The highest BCUT2D eigenvalue weighted by atomic mass is 19.1. The monoisotopic (exact) mass is 267 g/mol. The van der Waals surface area contributed by atoms with E-state index in [4.69, 9.17) is 15.2 Å². The van der Waals surface area contributed by atoms with Gasteiger partial charge in [-0.1, -0.05) is 6.07 Å². The van der Waals surface area contributed by atoms with Crippen molar-refractivity contribution in [2.45, 2.75) is 51.0 Å². The van der Waals surface area contributed by atoms with Crippen LogP contribution in [0.15, 0.2) is 18.2 Å². The molecule has 4 heteroatoms. The van der Waals surface area contributed by atoms with Crippen LogP contribution in [0.2, 0.25) is 0 Å². The summed E-state index contributed by atoms with van der Waals surface area (Å²) in [6.45, 7) is 0.784. The van der Waals surface area contributed by atoms with Crippen molar-refractivity contribution in [3.05, 3.63) is 35.1 Å². The van der Waals surface area contributed by atoms with Crippen molar-refractivity contribution in [2.24, 2.45) is 5.73 Å². The quantitative estimate of drug-likeness (QED) is 0.892. The average Bonchev–Trinajstić information content (AvgIpc) is 2.44. The Bertz CT molecular complexity index is 411. The van der Waals surface area contributed by atoms with Gasteiger partial charge in [0.15, 0.2) is 0 Å². The Kier molecular flexibility index (Phi) is 5.31. The van der Waals surface area contributed by atoms with Crippen LogP contribution in [0.5, 0.6) is 0 Å². The molecular formula is C15H22FNO2. The molecule has 2 atom stereocenters. The summed E-state index contributed by atoms with van der Waals surface area (Å²) in [7, 11) is 1.74. The molecule has 0 bridgehead atoms. The first kappa shape index (κ1) is 14.4. The predicted molar refractivity (Wildman–Crippen MR) is 72.1 cm³/mol. The minimum absolute atomic E-state index is 0.211. The second-order valence-electron chi connectivity index (χ2n) is 5.13. The van der Waals surface area contributed by atoms with Gasteiger partial charge in [0.1, 0.15) is 5.82 Å². The van der Waals surface area contributed by atoms with Crippen molar-refractivity contribution in [1.82, 2.24) is 0 Å². The van der Waals surface area contributed by atoms with Gasteiger partial charge in [-0.25, -0.2) is 4.39 Å². The molecule has 0 aliphatic heterocycles. The molecular weight excluding hydrogens is 245 g/mol. The molecule has 0 saturated heterocycles. The third kappa shape index (κ3) is 4.27. The lowest BCUT2D eigenvalue weighted by molar-refractivity contribution is -0.0364. The molecule has 1 fully saturated rings. The zero-order valence-electron chi connectivity index (χ0n) is 11.4. The first-order valence-corrected chi connectivity index (χ1v) is 6.84. The van der Waals surface area contributed by atoms with Crippen molar-refractivity contribution in [2.75, 3.05) is 7.11 Å². The summed E-state index contributed by atoms with van der Waals surface area (Å²) in [5.74, 6) is -0.250. The maximum atomic E-state index is 13.4. The maximum absolute atomic E-state index is 13.4. The van der Waals surface area contributed by atoms with E-state index in [-0.39, 0.29) is 11.9 Å². The van der Waals surface area contributed by atoms with E-state index in [0.717, 1.165) is 36.8 Å². The van der Waals surface area contributed by atoms with E-state index in [1.807, 2.05) is 6.07 Å². The van der Waals surface area contributed by atoms with Gasteiger partial charge in [0, 0.05) is 13.7 Å². The van der Waals surface area contributed by atoms with Crippen molar-refractivity contribution < 1.29 is 13.9 Å². The summed E-state index contributed by atoms with van der Waals surface area (Å²) in [6, 6.07) is 4.88. The smallest absolute Gasteiger partial charge is 0.123 e. The lowest BCUT2D eigenvalue weighted by Crippen LogP contribution is -2.27. The van der Waals surface area contributed by atoms with E-state index in [1.165, 1.54) is 12.1 Å². The molecule has 2 rings (SSSR count). The second kappa shape index (κ2) is 6.98. The van der Waals surface area contributed by atoms with Crippen LogP contribution >= 0.6 is 0 Å². The first-order chi connectivity index (χ1) is 9.21. The van der Waals surface area contributed by atoms with Crippen LogP contribution in [-0.4, -0.2) is 19.3 Å². The van der Waals surface area contributed by atoms with Crippen molar-refractivity contribution in [1.29, 1.82) is 0 Å². The second-order valence-corrected chi connectivity index (χ2v) is 5.13. The molecule has 106 valence electrons. The van der Waals surface area contributed by atoms with E-state index < -0.39 is 0 Å². The van der Waals surface area contributed by atoms with Crippen LogP contribution in [-0.2, 0) is 22.6 Å². The van der Waals surface area contributed by atoms with Crippen LogP contribution < -0.4 is 5.73 Å². The summed E-state index contributed by atoms with van der Waals surface area (Å²) in [6.07, 6.45) is 4.72. The highest BCUT2D eigenvalue weighted by Gasteiger charge is 2.22. The minimum atomic E-state index is -0.250. The van der Waals surface area contributed by atoms with Gasteiger partial charge in [0.2, 0.25) is 0 Å². The molecule has 0 radical (unpaired) electrons. The number of halogens is 1. The fourth-order valence-electron chi connectivity index (χ4n) is 2.60. The minimum Gasteiger partial charge on any atom is -0.381 e. The molecule has 0 aromatic heterocycles. The van der Waals surface area contributed by atoms with Gasteiger partial charge < -0.3 is 15.2 Å². The summed E-state index contributed by atoms with van der Waals surface area (Å²) < 4.78 is 24.6. The average molecular weight is 267 g/mol. The normalized spacial score (nSPS) is 23.5. The molecule has 19 heavy (non-hydrogen) atoms. The molecule has 0 spiro atoms. The van der Waals surface area contributed by atoms with Crippen LogP contribution in [0.3, 0.4) is 0 Å². The van der Waals surface area contributed by atoms with Gasteiger partial charge in [-0.15, -0.1) is 0 Å². The molecule has 0 amide bonds. The van der Waals surface area contributed by atoms with E-state index in [9.17, 15) is 4.39 Å². The predicted octanol–water partition coefficient (Wildman–Crippen LogP) is 2.76. The zero-order valence-corrected chi connectivity index (χ0v) is 11.4. The van der Waals surface area contributed by atoms with Crippen LogP contribution in [0.4, 0.5) is 4.39 Å². The van der Waals surface area contributed by atoms with Crippen LogP contribution in [0.1, 0.15) is 36.8 Å². The van der Waals surface area contributed by atoms with Gasteiger partial charge in [-0.3, -0.25) is 0 Å². The van der Waals surface area contributed by atoms with E-state index in [0.29, 0.717) is 19.3 Å². The van der Waals surface area contributed by atoms with Crippen LogP contribution in [0, 0.1) is 5.82 Å². The third-order valence-electron chi connectivity index (χ3n) is 3.65. The van der Waals surface area contributed by atoms with E-state index in [1.54, 1.807) is 7.11 Å². The summed E-state index contributed by atoms with van der Waals surface area (Å²) >= 11 is 0. The summed E-state index contributed by atoms with van der Waals surface area (Å²) in [5.41, 5.74) is 7.19. The van der Waals surface area contributed by atoms with Crippen molar-refractivity contribution >= 4 is 0 Å². The maximum Gasteiger partial charge on any atom is 0.123 e. The standard InChI is InChI=1S/C15H22FNO2/c1-18-14-3-2-4-15(8-14)19-10-12-5-11(9-17)6-13(16)7-12/h5-7,14-15H,2-4,8-10,17H2,1H3. The Hall–Kier alpha value is -0.970. The Morgan fingerprint density at radius 1 is 1.21 bits per heavy atom. The first-order valence-electron chi connectivity index (χ1n) is 6.84. The molecule has 0 heterocycles. The molecule has 2 unspecified atom stereocenters. The van der Waals surface area contributed by atoms with Gasteiger partial charge in [0.05, 0.1) is 18.8 Å². The fraction of sp³-hybridized carbons (Fsp3) is 0.600. The zero-order chi connectivity index (χ0) is 13.7. The SMILES string of the molecule is COC1CCCC(OCc2cc(F)cc(CN)c2)C1. The largest absolute Gasteiger partial charge is 0.381 e. The van der Waals surface area contributed by atoms with Gasteiger partial charge in [-0.05, 0) is 48.9 Å². The number of benzene rings is 1.